The maximum absolute atomic E-state index is 12.7. The third kappa shape index (κ3) is 3.18. The largest absolute Gasteiger partial charge is 0.330 e. The molecule has 19 heavy (non-hydrogen) atoms. The minimum Gasteiger partial charge on any atom is -0.330 e. The Morgan fingerprint density at radius 3 is 2.79 bits per heavy atom. The molecule has 1 aromatic heterocycles. The smallest absolute Gasteiger partial charge is 0.244 e. The van der Waals surface area contributed by atoms with Crippen molar-refractivity contribution in [2.45, 2.75) is 38.0 Å². The fourth-order valence-electron chi connectivity index (χ4n) is 2.72. The van der Waals surface area contributed by atoms with E-state index in [1.54, 1.807) is 21.7 Å². The first-order chi connectivity index (χ1) is 8.95. The first-order valence-electron chi connectivity index (χ1n) is 6.72. The first kappa shape index (κ1) is 15.0. The highest BCUT2D eigenvalue weighted by Gasteiger charge is 2.31. The second-order valence-corrected chi connectivity index (χ2v) is 8.59. The Morgan fingerprint density at radius 1 is 1.47 bits per heavy atom. The zero-order valence-electron chi connectivity index (χ0n) is 11.6. The molecule has 1 aliphatic rings. The molecule has 4 nitrogen and oxygen atoms in total. The molecule has 0 radical (unpaired) electrons. The minimum atomic E-state index is -3.32. The van der Waals surface area contributed by atoms with Gasteiger partial charge in [0.15, 0.2) is 0 Å². The normalized spacial score (nSPS) is 21.7. The molecule has 0 aliphatic carbocycles. The zero-order valence-corrected chi connectivity index (χ0v) is 13.2. The van der Waals surface area contributed by atoms with Crippen molar-refractivity contribution >= 4 is 21.4 Å². The molecule has 2 heterocycles. The van der Waals surface area contributed by atoms with Crippen LogP contribution < -0.4 is 5.73 Å². The topological polar surface area (TPSA) is 63.4 Å². The standard InChI is InChI=1S/C13H22N2O2S2/c1-10-8-13(11(2)18-10)19(16,17)15-7-3-4-12(9-15)5-6-14/h8,12H,3-7,9,14H2,1-2H3. The summed E-state index contributed by atoms with van der Waals surface area (Å²) >= 11 is 1.55. The number of hydrogen-bond donors (Lipinski definition) is 1. The van der Waals surface area contributed by atoms with Gasteiger partial charge < -0.3 is 5.73 Å². The van der Waals surface area contributed by atoms with E-state index in [1.165, 1.54) is 0 Å². The Balaban J connectivity index is 2.22. The summed E-state index contributed by atoms with van der Waals surface area (Å²) < 4.78 is 27.0. The van der Waals surface area contributed by atoms with E-state index < -0.39 is 10.0 Å². The van der Waals surface area contributed by atoms with Crippen molar-refractivity contribution in [3.05, 3.63) is 15.8 Å². The minimum absolute atomic E-state index is 0.411. The molecule has 6 heteroatoms. The molecular formula is C13H22N2O2S2. The van der Waals surface area contributed by atoms with E-state index in [0.717, 1.165) is 29.0 Å². The second kappa shape index (κ2) is 5.91. The molecule has 0 spiro atoms. The van der Waals surface area contributed by atoms with Gasteiger partial charge in [0.2, 0.25) is 10.0 Å². The average molecular weight is 302 g/mol. The number of sulfonamides is 1. The summed E-state index contributed by atoms with van der Waals surface area (Å²) in [5.74, 6) is 0.411. The summed E-state index contributed by atoms with van der Waals surface area (Å²) in [7, 11) is -3.32. The lowest BCUT2D eigenvalue weighted by Gasteiger charge is -2.31. The van der Waals surface area contributed by atoms with Crippen LogP contribution in [0.25, 0.3) is 0 Å². The predicted octanol–water partition coefficient (Wildman–Crippen LogP) is 2.11. The third-order valence-electron chi connectivity index (χ3n) is 3.67. The lowest BCUT2D eigenvalue weighted by Crippen LogP contribution is -2.40. The summed E-state index contributed by atoms with van der Waals surface area (Å²) in [5, 5.41) is 0. The highest BCUT2D eigenvalue weighted by molar-refractivity contribution is 7.89. The molecule has 1 fully saturated rings. The lowest BCUT2D eigenvalue weighted by atomic mass is 9.96. The van der Waals surface area contributed by atoms with Gasteiger partial charge in [0.05, 0.1) is 4.90 Å². The van der Waals surface area contributed by atoms with Gasteiger partial charge in [0, 0.05) is 22.8 Å². The molecule has 1 aromatic rings. The van der Waals surface area contributed by atoms with E-state index in [-0.39, 0.29) is 0 Å². The maximum Gasteiger partial charge on any atom is 0.244 e. The van der Waals surface area contributed by atoms with Gasteiger partial charge >= 0.3 is 0 Å². The van der Waals surface area contributed by atoms with Gasteiger partial charge in [-0.15, -0.1) is 11.3 Å². The summed E-state index contributed by atoms with van der Waals surface area (Å²) in [6.45, 7) is 5.72. The van der Waals surface area contributed by atoms with Crippen LogP contribution in [0, 0.1) is 19.8 Å². The summed E-state index contributed by atoms with van der Waals surface area (Å²) in [6, 6.07) is 1.79. The number of thiophene rings is 1. The molecule has 1 unspecified atom stereocenters. The Morgan fingerprint density at radius 2 is 2.21 bits per heavy atom. The lowest BCUT2D eigenvalue weighted by molar-refractivity contribution is 0.258. The van der Waals surface area contributed by atoms with E-state index in [9.17, 15) is 8.42 Å². The van der Waals surface area contributed by atoms with Crippen molar-refractivity contribution in [3.63, 3.8) is 0 Å². The van der Waals surface area contributed by atoms with Crippen LogP contribution in [0.1, 0.15) is 29.0 Å². The quantitative estimate of drug-likeness (QED) is 0.926. The van der Waals surface area contributed by atoms with Gasteiger partial charge in [-0.2, -0.15) is 4.31 Å². The van der Waals surface area contributed by atoms with Crippen molar-refractivity contribution in [1.82, 2.24) is 4.31 Å². The van der Waals surface area contributed by atoms with Gasteiger partial charge in [-0.3, -0.25) is 0 Å². The first-order valence-corrected chi connectivity index (χ1v) is 8.98. The van der Waals surface area contributed by atoms with Crippen LogP contribution in [0.4, 0.5) is 0 Å². The van der Waals surface area contributed by atoms with Gasteiger partial charge in [-0.05, 0) is 51.6 Å². The molecule has 2 rings (SSSR count). The molecule has 0 aromatic carbocycles. The van der Waals surface area contributed by atoms with Crippen molar-refractivity contribution in [2.24, 2.45) is 11.7 Å². The fraction of sp³-hybridized carbons (Fsp3) is 0.692. The molecule has 0 amide bonds. The highest BCUT2D eigenvalue weighted by Crippen LogP contribution is 2.30. The highest BCUT2D eigenvalue weighted by atomic mass is 32.2. The van der Waals surface area contributed by atoms with E-state index in [4.69, 9.17) is 5.73 Å². The molecule has 2 N–H and O–H groups in total. The zero-order chi connectivity index (χ0) is 14.0. The van der Waals surface area contributed by atoms with Crippen LogP contribution in [-0.2, 0) is 10.0 Å². The van der Waals surface area contributed by atoms with Crippen molar-refractivity contribution in [2.75, 3.05) is 19.6 Å². The van der Waals surface area contributed by atoms with Crippen LogP contribution >= 0.6 is 11.3 Å². The number of aryl methyl sites for hydroxylation is 2. The van der Waals surface area contributed by atoms with Gasteiger partial charge in [0.25, 0.3) is 0 Å². The van der Waals surface area contributed by atoms with Crippen molar-refractivity contribution < 1.29 is 8.42 Å². The Bertz CT molecular complexity index is 535. The van der Waals surface area contributed by atoms with Crippen LogP contribution in [0.2, 0.25) is 0 Å². The van der Waals surface area contributed by atoms with Crippen LogP contribution in [0.3, 0.4) is 0 Å². The molecular weight excluding hydrogens is 280 g/mol. The molecule has 1 atom stereocenters. The van der Waals surface area contributed by atoms with E-state index >= 15 is 0 Å². The number of piperidine rings is 1. The Hall–Kier alpha value is -0.430. The number of hydrogen-bond acceptors (Lipinski definition) is 4. The van der Waals surface area contributed by atoms with Gasteiger partial charge in [-0.25, -0.2) is 8.42 Å². The Labute approximate surface area is 119 Å². The second-order valence-electron chi connectivity index (χ2n) is 5.23. The number of rotatable bonds is 4. The SMILES string of the molecule is Cc1cc(S(=O)(=O)N2CCCC(CCN)C2)c(C)s1. The summed E-state index contributed by atoms with van der Waals surface area (Å²) in [4.78, 5) is 2.42. The van der Waals surface area contributed by atoms with Crippen LogP contribution in [-0.4, -0.2) is 32.4 Å². The van der Waals surface area contributed by atoms with Crippen LogP contribution in [0.5, 0.6) is 0 Å². The van der Waals surface area contributed by atoms with Crippen molar-refractivity contribution in [3.8, 4) is 0 Å². The van der Waals surface area contributed by atoms with E-state index in [1.807, 2.05) is 13.8 Å². The van der Waals surface area contributed by atoms with Gasteiger partial charge in [0.1, 0.15) is 0 Å². The molecule has 0 saturated carbocycles. The maximum atomic E-state index is 12.7. The fourth-order valence-corrected chi connectivity index (χ4v) is 5.80. The van der Waals surface area contributed by atoms with Gasteiger partial charge in [-0.1, -0.05) is 0 Å². The molecule has 0 bridgehead atoms. The molecule has 108 valence electrons. The number of nitrogens with zero attached hydrogens (tertiary/aromatic N) is 1. The average Bonchev–Trinajstić information content (AvgIpc) is 2.70. The molecule has 1 aliphatic heterocycles. The predicted molar refractivity (Wildman–Crippen MR) is 78.9 cm³/mol. The number of nitrogens with two attached hydrogens (primary N) is 1. The summed E-state index contributed by atoms with van der Waals surface area (Å²) in [6.07, 6.45) is 2.94. The Kier molecular flexibility index (Phi) is 4.66. The van der Waals surface area contributed by atoms with E-state index in [2.05, 4.69) is 0 Å². The third-order valence-corrected chi connectivity index (χ3v) is 6.76. The summed E-state index contributed by atoms with van der Waals surface area (Å²) in [5.41, 5.74) is 5.59. The van der Waals surface area contributed by atoms with Crippen molar-refractivity contribution in [1.29, 1.82) is 0 Å². The molecule has 1 saturated heterocycles. The van der Waals surface area contributed by atoms with E-state index in [0.29, 0.717) is 30.4 Å². The monoisotopic (exact) mass is 302 g/mol. The van der Waals surface area contributed by atoms with Crippen LogP contribution in [0.15, 0.2) is 11.0 Å².